The molecule has 0 aromatic heterocycles. The molecule has 0 bridgehead atoms. The molecule has 1 atom stereocenters. The fourth-order valence-corrected chi connectivity index (χ4v) is 3.69. The second-order valence-electron chi connectivity index (χ2n) is 7.79. The zero-order valence-electron chi connectivity index (χ0n) is 18.4. The summed E-state index contributed by atoms with van der Waals surface area (Å²) >= 11 is 6.06. The van der Waals surface area contributed by atoms with Gasteiger partial charge in [0, 0.05) is 32.0 Å². The van der Waals surface area contributed by atoms with Crippen LogP contribution >= 0.6 is 11.6 Å². The number of rotatable bonds is 7. The Morgan fingerprint density at radius 1 is 1.16 bits per heavy atom. The molecule has 0 spiro atoms. The lowest BCUT2D eigenvalue weighted by Crippen LogP contribution is -2.41. The third-order valence-electron chi connectivity index (χ3n) is 5.60. The normalized spacial score (nSPS) is 15.7. The molecule has 1 aliphatic rings. The number of halogens is 1. The number of carbonyl (C=O) groups is 2. The number of ether oxygens (including phenoxy) is 1. The van der Waals surface area contributed by atoms with E-state index in [0.717, 1.165) is 16.8 Å². The Hall–Kier alpha value is -2.70. The van der Waals surface area contributed by atoms with Crippen molar-refractivity contribution < 1.29 is 14.3 Å². The average molecular weight is 442 g/mol. The molecule has 3 rings (SSSR count). The maximum absolute atomic E-state index is 13.2. The largest absolute Gasteiger partial charge is 0.383 e. The molecular formula is C24H28ClN3O3. The molecule has 1 heterocycles. The van der Waals surface area contributed by atoms with Gasteiger partial charge in [0.05, 0.1) is 18.4 Å². The van der Waals surface area contributed by atoms with Crippen LogP contribution in [0.25, 0.3) is 0 Å². The van der Waals surface area contributed by atoms with Crippen LogP contribution in [0.4, 0.5) is 0 Å². The van der Waals surface area contributed by atoms with Crippen LogP contribution in [-0.2, 0) is 14.3 Å². The van der Waals surface area contributed by atoms with E-state index < -0.39 is 0 Å². The van der Waals surface area contributed by atoms with Gasteiger partial charge in [0.1, 0.15) is 6.54 Å². The number of hydrogen-bond acceptors (Lipinski definition) is 4. The topological polar surface area (TPSA) is 62.2 Å². The smallest absolute Gasteiger partial charge is 0.262 e. The summed E-state index contributed by atoms with van der Waals surface area (Å²) in [6.45, 7) is 6.25. The van der Waals surface area contributed by atoms with Crippen molar-refractivity contribution in [3.05, 3.63) is 69.7 Å². The lowest BCUT2D eigenvalue weighted by Gasteiger charge is -2.26. The fourth-order valence-electron chi connectivity index (χ4n) is 3.57. The van der Waals surface area contributed by atoms with Crippen molar-refractivity contribution in [2.75, 3.05) is 26.8 Å². The lowest BCUT2D eigenvalue weighted by molar-refractivity contribution is -0.141. The van der Waals surface area contributed by atoms with Crippen LogP contribution in [0.1, 0.15) is 41.6 Å². The second-order valence-corrected chi connectivity index (χ2v) is 8.23. The van der Waals surface area contributed by atoms with E-state index in [1.54, 1.807) is 7.11 Å². The number of hydrazone groups is 1. The number of amides is 2. The summed E-state index contributed by atoms with van der Waals surface area (Å²) in [5.41, 5.74) is 5.18. The van der Waals surface area contributed by atoms with Gasteiger partial charge in [-0.05, 0) is 54.3 Å². The van der Waals surface area contributed by atoms with Gasteiger partial charge in [-0.25, -0.2) is 5.01 Å². The number of aryl methyl sites for hydroxylation is 2. The van der Waals surface area contributed by atoms with E-state index in [2.05, 4.69) is 26.0 Å². The molecule has 0 aliphatic carbocycles. The standard InChI is InChI=1S/C24H28ClN3O3/c1-16-5-6-20(13-17(16)2)22-14-23(19-7-9-21(25)10-8-19)28(26-22)24(30)15-27(18(3)29)11-12-31-4/h5-10,13,23H,11-12,14-15H2,1-4H3. The van der Waals surface area contributed by atoms with Crippen molar-refractivity contribution in [1.29, 1.82) is 0 Å². The monoisotopic (exact) mass is 441 g/mol. The summed E-state index contributed by atoms with van der Waals surface area (Å²) in [5, 5.41) is 6.85. The third kappa shape index (κ3) is 5.51. The molecule has 0 N–H and O–H groups in total. The van der Waals surface area contributed by atoms with Crippen molar-refractivity contribution in [3.63, 3.8) is 0 Å². The molecule has 1 unspecified atom stereocenters. The van der Waals surface area contributed by atoms with Gasteiger partial charge in [-0.1, -0.05) is 35.9 Å². The molecule has 1 aliphatic heterocycles. The quantitative estimate of drug-likeness (QED) is 0.649. The van der Waals surface area contributed by atoms with Crippen LogP contribution in [-0.4, -0.2) is 54.2 Å². The Kier molecular flexibility index (Phi) is 7.46. The highest BCUT2D eigenvalue weighted by atomic mass is 35.5. The van der Waals surface area contributed by atoms with E-state index in [4.69, 9.17) is 21.4 Å². The minimum absolute atomic E-state index is 0.0491. The minimum Gasteiger partial charge on any atom is -0.383 e. The van der Waals surface area contributed by atoms with Crippen LogP contribution in [0, 0.1) is 13.8 Å². The molecule has 31 heavy (non-hydrogen) atoms. The van der Waals surface area contributed by atoms with Gasteiger partial charge in [-0.3, -0.25) is 9.59 Å². The highest BCUT2D eigenvalue weighted by Crippen LogP contribution is 2.33. The molecule has 6 nitrogen and oxygen atoms in total. The van der Waals surface area contributed by atoms with E-state index in [9.17, 15) is 9.59 Å². The lowest BCUT2D eigenvalue weighted by atomic mass is 9.96. The third-order valence-corrected chi connectivity index (χ3v) is 5.85. The molecule has 0 saturated heterocycles. The van der Waals surface area contributed by atoms with Crippen LogP contribution in [0.2, 0.25) is 5.02 Å². The number of nitrogens with zero attached hydrogens (tertiary/aromatic N) is 3. The summed E-state index contributed by atoms with van der Waals surface area (Å²) in [6, 6.07) is 13.4. The Labute approximate surface area is 188 Å². The van der Waals surface area contributed by atoms with Crippen LogP contribution in [0.15, 0.2) is 47.6 Å². The Morgan fingerprint density at radius 2 is 1.87 bits per heavy atom. The highest BCUT2D eigenvalue weighted by molar-refractivity contribution is 6.30. The summed E-state index contributed by atoms with van der Waals surface area (Å²) in [5.74, 6) is -0.406. The van der Waals surface area contributed by atoms with Gasteiger partial charge in [0.2, 0.25) is 5.91 Å². The van der Waals surface area contributed by atoms with Crippen LogP contribution < -0.4 is 0 Å². The summed E-state index contributed by atoms with van der Waals surface area (Å²) < 4.78 is 5.07. The average Bonchev–Trinajstić information content (AvgIpc) is 3.19. The van der Waals surface area contributed by atoms with Crippen molar-refractivity contribution in [3.8, 4) is 0 Å². The van der Waals surface area contributed by atoms with Crippen LogP contribution in [0.5, 0.6) is 0 Å². The maximum atomic E-state index is 13.2. The SMILES string of the molecule is COCCN(CC(=O)N1N=C(c2ccc(C)c(C)c2)CC1c1ccc(Cl)cc1)C(C)=O. The molecule has 2 aromatic carbocycles. The zero-order valence-corrected chi connectivity index (χ0v) is 19.1. The van der Waals surface area contributed by atoms with E-state index in [1.807, 2.05) is 30.3 Å². The van der Waals surface area contributed by atoms with Crippen molar-refractivity contribution in [2.24, 2.45) is 5.10 Å². The summed E-state index contributed by atoms with van der Waals surface area (Å²) in [6.07, 6.45) is 0.591. The molecular weight excluding hydrogens is 414 g/mol. The van der Waals surface area contributed by atoms with E-state index in [-0.39, 0.29) is 24.4 Å². The fraction of sp³-hybridized carbons (Fsp3) is 0.375. The molecule has 164 valence electrons. The molecule has 0 fully saturated rings. The van der Waals surface area contributed by atoms with Gasteiger partial charge in [0.15, 0.2) is 0 Å². The van der Waals surface area contributed by atoms with Crippen molar-refractivity contribution in [1.82, 2.24) is 9.91 Å². The van der Waals surface area contributed by atoms with Gasteiger partial charge < -0.3 is 9.64 Å². The summed E-state index contributed by atoms with van der Waals surface area (Å²) in [4.78, 5) is 26.7. The first-order valence-electron chi connectivity index (χ1n) is 10.3. The van der Waals surface area contributed by atoms with E-state index >= 15 is 0 Å². The van der Waals surface area contributed by atoms with Gasteiger partial charge in [0.25, 0.3) is 5.91 Å². The molecule has 2 aromatic rings. The maximum Gasteiger partial charge on any atom is 0.262 e. The number of carbonyl (C=O) groups excluding carboxylic acids is 2. The minimum atomic E-state index is -0.252. The van der Waals surface area contributed by atoms with Crippen LogP contribution in [0.3, 0.4) is 0 Å². The number of methoxy groups -OCH3 is 1. The first-order chi connectivity index (χ1) is 14.8. The van der Waals surface area contributed by atoms with Crippen molar-refractivity contribution >= 4 is 29.1 Å². The van der Waals surface area contributed by atoms with Gasteiger partial charge >= 0.3 is 0 Å². The first-order valence-corrected chi connectivity index (χ1v) is 10.6. The van der Waals surface area contributed by atoms with E-state index in [0.29, 0.717) is 24.6 Å². The highest BCUT2D eigenvalue weighted by Gasteiger charge is 2.34. The molecule has 2 amide bonds. The molecule has 0 radical (unpaired) electrons. The summed E-state index contributed by atoms with van der Waals surface area (Å²) in [7, 11) is 1.57. The Bertz CT molecular complexity index is 988. The number of benzene rings is 2. The molecule has 0 saturated carbocycles. The number of hydrogen-bond donors (Lipinski definition) is 0. The van der Waals surface area contributed by atoms with E-state index in [1.165, 1.54) is 28.0 Å². The zero-order chi connectivity index (χ0) is 22.5. The Morgan fingerprint density at radius 3 is 2.48 bits per heavy atom. The predicted molar refractivity (Wildman–Crippen MR) is 122 cm³/mol. The first kappa shape index (κ1) is 23.0. The second kappa shape index (κ2) is 10.1. The van der Waals surface area contributed by atoms with Gasteiger partial charge in [-0.2, -0.15) is 5.10 Å². The van der Waals surface area contributed by atoms with Crippen molar-refractivity contribution in [2.45, 2.75) is 33.2 Å². The molecule has 7 heteroatoms. The Balaban J connectivity index is 1.91. The predicted octanol–water partition coefficient (Wildman–Crippen LogP) is 4.13. The van der Waals surface area contributed by atoms with Gasteiger partial charge in [-0.15, -0.1) is 0 Å².